The van der Waals surface area contributed by atoms with E-state index in [0.717, 1.165) is 5.56 Å². The van der Waals surface area contributed by atoms with Gasteiger partial charge in [0.15, 0.2) is 5.16 Å². The van der Waals surface area contributed by atoms with Gasteiger partial charge in [0.2, 0.25) is 5.91 Å². The number of thioether (sulfide) groups is 1. The molecule has 3 rings (SSSR count). The number of nitrogens with zero attached hydrogens (tertiary/aromatic N) is 2. The minimum Gasteiger partial charge on any atom is -0.325 e. The van der Waals surface area contributed by atoms with E-state index in [0.29, 0.717) is 33.3 Å². The van der Waals surface area contributed by atoms with Crippen LogP contribution in [-0.2, 0) is 11.3 Å². The molecule has 138 valence electrons. The number of hydrogen-bond acceptors (Lipinski definition) is 4. The molecule has 0 aliphatic heterocycles. The number of allylic oxidation sites excluding steroid dienone is 1. The van der Waals surface area contributed by atoms with Crippen LogP contribution in [0, 0.1) is 6.92 Å². The number of aromatic nitrogens is 2. The highest BCUT2D eigenvalue weighted by atomic mass is 35.5. The predicted octanol–water partition coefficient (Wildman–Crippen LogP) is 4.28. The van der Waals surface area contributed by atoms with E-state index in [9.17, 15) is 9.59 Å². The number of benzene rings is 2. The molecule has 1 amide bonds. The predicted molar refractivity (Wildman–Crippen MR) is 112 cm³/mol. The SMILES string of the molecule is C=CCn1c(SCC(=O)Nc2cc(Cl)ccc2C)nc2ccccc2c1=O. The number of rotatable bonds is 6. The average Bonchev–Trinajstić information content (AvgIpc) is 2.66. The highest BCUT2D eigenvalue weighted by Crippen LogP contribution is 2.22. The van der Waals surface area contributed by atoms with Gasteiger partial charge in [-0.2, -0.15) is 0 Å². The molecule has 3 aromatic rings. The van der Waals surface area contributed by atoms with Crippen molar-refractivity contribution in [2.75, 3.05) is 11.1 Å². The Morgan fingerprint density at radius 2 is 2.11 bits per heavy atom. The lowest BCUT2D eigenvalue weighted by molar-refractivity contribution is -0.113. The third-order valence-corrected chi connectivity index (χ3v) is 5.16. The molecule has 1 N–H and O–H groups in total. The van der Waals surface area contributed by atoms with Crippen LogP contribution in [0.3, 0.4) is 0 Å². The Morgan fingerprint density at radius 3 is 2.89 bits per heavy atom. The van der Waals surface area contributed by atoms with Gasteiger partial charge in [0.05, 0.1) is 16.7 Å². The number of anilines is 1. The molecule has 1 aromatic heterocycles. The molecule has 0 saturated heterocycles. The molecule has 0 radical (unpaired) electrons. The van der Waals surface area contributed by atoms with E-state index < -0.39 is 0 Å². The van der Waals surface area contributed by atoms with Crippen LogP contribution in [0.15, 0.2) is 65.1 Å². The van der Waals surface area contributed by atoms with Crippen LogP contribution in [0.1, 0.15) is 5.56 Å². The fourth-order valence-electron chi connectivity index (χ4n) is 2.59. The highest BCUT2D eigenvalue weighted by Gasteiger charge is 2.13. The van der Waals surface area contributed by atoms with Gasteiger partial charge in [-0.3, -0.25) is 14.2 Å². The number of carbonyl (C=O) groups is 1. The van der Waals surface area contributed by atoms with Crippen LogP contribution in [0.25, 0.3) is 10.9 Å². The molecule has 0 spiro atoms. The molecule has 7 heteroatoms. The largest absolute Gasteiger partial charge is 0.325 e. The number of para-hydroxylation sites is 1. The molecular formula is C20H18ClN3O2S. The molecular weight excluding hydrogens is 382 g/mol. The maximum Gasteiger partial charge on any atom is 0.262 e. The second-order valence-electron chi connectivity index (χ2n) is 5.91. The molecule has 0 saturated carbocycles. The Morgan fingerprint density at radius 1 is 1.33 bits per heavy atom. The lowest BCUT2D eigenvalue weighted by atomic mass is 10.2. The van der Waals surface area contributed by atoms with Crippen LogP contribution in [0.5, 0.6) is 0 Å². The summed E-state index contributed by atoms with van der Waals surface area (Å²) in [5.41, 5.74) is 2.05. The number of aryl methyl sites for hydroxylation is 1. The van der Waals surface area contributed by atoms with E-state index in [1.807, 2.05) is 19.1 Å². The van der Waals surface area contributed by atoms with Crippen molar-refractivity contribution in [3.8, 4) is 0 Å². The standard InChI is InChI=1S/C20H18ClN3O2S/c1-3-10-24-19(26)15-6-4-5-7-16(15)23-20(24)27-12-18(25)22-17-11-14(21)9-8-13(17)2/h3-9,11H,1,10,12H2,2H3,(H,22,25). The minimum atomic E-state index is -0.196. The van der Waals surface area contributed by atoms with Crippen LogP contribution in [0.2, 0.25) is 5.02 Å². The summed E-state index contributed by atoms with van der Waals surface area (Å²) in [6.45, 7) is 5.92. The molecule has 2 aromatic carbocycles. The molecule has 0 atom stereocenters. The number of carbonyl (C=O) groups excluding carboxylic acids is 1. The molecule has 0 aliphatic rings. The van der Waals surface area contributed by atoms with Crippen LogP contribution >= 0.6 is 23.4 Å². The van der Waals surface area contributed by atoms with Crippen molar-refractivity contribution in [1.82, 2.24) is 9.55 Å². The Balaban J connectivity index is 1.82. The fourth-order valence-corrected chi connectivity index (χ4v) is 3.57. The lowest BCUT2D eigenvalue weighted by Crippen LogP contribution is -2.23. The first kappa shape index (κ1) is 19.2. The van der Waals surface area contributed by atoms with Gasteiger partial charge in [-0.15, -0.1) is 6.58 Å². The Labute approximate surface area is 166 Å². The smallest absolute Gasteiger partial charge is 0.262 e. The van der Waals surface area contributed by atoms with E-state index in [1.54, 1.807) is 36.4 Å². The van der Waals surface area contributed by atoms with Crippen LogP contribution < -0.4 is 10.9 Å². The monoisotopic (exact) mass is 399 g/mol. The maximum atomic E-state index is 12.7. The van der Waals surface area contributed by atoms with E-state index in [-0.39, 0.29) is 17.2 Å². The second-order valence-corrected chi connectivity index (χ2v) is 7.29. The molecule has 27 heavy (non-hydrogen) atoms. The summed E-state index contributed by atoms with van der Waals surface area (Å²) < 4.78 is 1.53. The van der Waals surface area contributed by atoms with Gasteiger partial charge < -0.3 is 5.32 Å². The zero-order valence-corrected chi connectivity index (χ0v) is 16.3. The topological polar surface area (TPSA) is 64.0 Å². The summed E-state index contributed by atoms with van der Waals surface area (Å²) >= 11 is 7.20. The summed E-state index contributed by atoms with van der Waals surface area (Å²) in [4.78, 5) is 29.6. The van der Waals surface area contributed by atoms with E-state index in [2.05, 4.69) is 16.9 Å². The number of nitrogens with one attached hydrogen (secondary N) is 1. The zero-order chi connectivity index (χ0) is 19.4. The maximum absolute atomic E-state index is 12.7. The first-order valence-electron chi connectivity index (χ1n) is 8.29. The van der Waals surface area contributed by atoms with Crippen molar-refractivity contribution >= 4 is 45.9 Å². The van der Waals surface area contributed by atoms with Gasteiger partial charge in [0, 0.05) is 17.3 Å². The average molecular weight is 400 g/mol. The summed E-state index contributed by atoms with van der Waals surface area (Å²) in [6, 6.07) is 12.5. The fraction of sp³-hybridized carbons (Fsp3) is 0.150. The first-order chi connectivity index (χ1) is 13.0. The number of halogens is 1. The van der Waals surface area contributed by atoms with Gasteiger partial charge in [-0.05, 0) is 36.8 Å². The Bertz CT molecular complexity index is 1080. The normalized spacial score (nSPS) is 10.7. The summed E-state index contributed by atoms with van der Waals surface area (Å²) in [5.74, 6) is -0.0774. The van der Waals surface area contributed by atoms with Gasteiger partial charge in [-0.25, -0.2) is 4.98 Å². The third-order valence-electron chi connectivity index (χ3n) is 3.94. The van der Waals surface area contributed by atoms with E-state index in [4.69, 9.17) is 11.6 Å². The Kier molecular flexibility index (Phi) is 5.98. The minimum absolute atomic E-state index is 0.119. The summed E-state index contributed by atoms with van der Waals surface area (Å²) in [6.07, 6.45) is 1.64. The second kappa shape index (κ2) is 8.41. The molecule has 5 nitrogen and oxygen atoms in total. The molecule has 1 heterocycles. The summed E-state index contributed by atoms with van der Waals surface area (Å²) in [5, 5.41) is 4.43. The molecule has 0 bridgehead atoms. The van der Waals surface area contributed by atoms with Gasteiger partial charge >= 0.3 is 0 Å². The number of fused-ring (bicyclic) bond motifs is 1. The van der Waals surface area contributed by atoms with Crippen molar-refractivity contribution in [3.05, 3.63) is 76.1 Å². The van der Waals surface area contributed by atoms with Crippen molar-refractivity contribution in [1.29, 1.82) is 0 Å². The Hall–Kier alpha value is -2.57. The van der Waals surface area contributed by atoms with Crippen LogP contribution in [-0.4, -0.2) is 21.2 Å². The number of amides is 1. The summed E-state index contributed by atoms with van der Waals surface area (Å²) in [7, 11) is 0. The highest BCUT2D eigenvalue weighted by molar-refractivity contribution is 7.99. The number of hydrogen-bond donors (Lipinski definition) is 1. The lowest BCUT2D eigenvalue weighted by Gasteiger charge is -2.12. The van der Waals surface area contributed by atoms with Crippen molar-refractivity contribution < 1.29 is 4.79 Å². The zero-order valence-electron chi connectivity index (χ0n) is 14.7. The van der Waals surface area contributed by atoms with Gasteiger partial charge in [0.1, 0.15) is 0 Å². The van der Waals surface area contributed by atoms with Crippen molar-refractivity contribution in [2.24, 2.45) is 0 Å². The third kappa shape index (κ3) is 4.40. The quantitative estimate of drug-likeness (QED) is 0.382. The van der Waals surface area contributed by atoms with Crippen LogP contribution in [0.4, 0.5) is 5.69 Å². The van der Waals surface area contributed by atoms with E-state index in [1.165, 1.54) is 16.3 Å². The molecule has 0 fully saturated rings. The van der Waals surface area contributed by atoms with Crippen molar-refractivity contribution in [3.63, 3.8) is 0 Å². The van der Waals surface area contributed by atoms with Crippen molar-refractivity contribution in [2.45, 2.75) is 18.6 Å². The van der Waals surface area contributed by atoms with Gasteiger partial charge in [0.25, 0.3) is 5.56 Å². The molecule has 0 unspecified atom stereocenters. The van der Waals surface area contributed by atoms with E-state index >= 15 is 0 Å². The molecule has 0 aliphatic carbocycles. The van der Waals surface area contributed by atoms with Gasteiger partial charge in [-0.1, -0.05) is 47.6 Å². The first-order valence-corrected chi connectivity index (χ1v) is 9.65.